The molecule has 4 nitrogen and oxygen atoms in total. The van der Waals surface area contributed by atoms with Crippen LogP contribution < -0.4 is 0 Å². The molecule has 0 bridgehead atoms. The lowest BCUT2D eigenvalue weighted by molar-refractivity contribution is -0.131. The second-order valence-corrected chi connectivity index (χ2v) is 7.35. The molecular formula is C18H25FN2O2. The number of hydrogen-bond acceptors (Lipinski definition) is 4. The standard InChI is InChI=1S/C18H25FN2O2/c1-12(8-21-9-15-16(10-21)17(15)20(2)3)18(23,11-22)13-4-6-14(19)7-5-13/h4-7,11-12,15-17,23H,8-10H2,1-3H3. The monoisotopic (exact) mass is 320 g/mol. The van der Waals surface area contributed by atoms with Crippen LogP contribution in [-0.4, -0.2) is 61.0 Å². The highest BCUT2D eigenvalue weighted by atomic mass is 19.1. The highest BCUT2D eigenvalue weighted by Crippen LogP contribution is 2.48. The SMILES string of the molecule is CC(CN1CC2C(C1)C2N(C)C)C(O)(C=O)c1ccc(F)cc1. The Hall–Kier alpha value is -1.30. The van der Waals surface area contributed by atoms with Gasteiger partial charge in [-0.05, 0) is 43.6 Å². The molecule has 4 unspecified atom stereocenters. The van der Waals surface area contributed by atoms with E-state index in [-0.39, 0.29) is 11.7 Å². The third kappa shape index (κ3) is 2.93. The van der Waals surface area contributed by atoms with Crippen molar-refractivity contribution in [3.8, 4) is 0 Å². The van der Waals surface area contributed by atoms with E-state index in [2.05, 4.69) is 23.9 Å². The molecule has 0 amide bonds. The number of halogens is 1. The second-order valence-electron chi connectivity index (χ2n) is 7.35. The first kappa shape index (κ1) is 16.6. The molecule has 0 radical (unpaired) electrons. The van der Waals surface area contributed by atoms with E-state index >= 15 is 0 Å². The van der Waals surface area contributed by atoms with Gasteiger partial charge in [0, 0.05) is 31.6 Å². The molecule has 1 aromatic rings. The van der Waals surface area contributed by atoms with Crippen LogP contribution in [0.5, 0.6) is 0 Å². The minimum Gasteiger partial charge on any atom is -0.377 e. The van der Waals surface area contributed by atoms with Gasteiger partial charge in [-0.2, -0.15) is 0 Å². The van der Waals surface area contributed by atoms with Gasteiger partial charge in [-0.25, -0.2) is 4.39 Å². The van der Waals surface area contributed by atoms with Gasteiger partial charge in [0.15, 0.2) is 6.29 Å². The molecule has 1 saturated carbocycles. The summed E-state index contributed by atoms with van der Waals surface area (Å²) >= 11 is 0. The minimum absolute atomic E-state index is 0.249. The van der Waals surface area contributed by atoms with Gasteiger partial charge in [-0.1, -0.05) is 19.1 Å². The van der Waals surface area contributed by atoms with E-state index in [0.717, 1.165) is 13.1 Å². The lowest BCUT2D eigenvalue weighted by atomic mass is 9.83. The van der Waals surface area contributed by atoms with Gasteiger partial charge in [0.1, 0.15) is 11.4 Å². The number of benzene rings is 1. The number of piperidine rings is 1. The lowest BCUT2D eigenvalue weighted by Gasteiger charge is -2.33. The highest BCUT2D eigenvalue weighted by Gasteiger charge is 2.56. The van der Waals surface area contributed by atoms with Gasteiger partial charge in [-0.15, -0.1) is 0 Å². The van der Waals surface area contributed by atoms with Crippen molar-refractivity contribution in [2.75, 3.05) is 33.7 Å². The molecule has 1 aliphatic carbocycles. The van der Waals surface area contributed by atoms with Crippen LogP contribution in [0.1, 0.15) is 12.5 Å². The number of aliphatic hydroxyl groups is 1. The molecule has 4 atom stereocenters. The molecule has 23 heavy (non-hydrogen) atoms. The summed E-state index contributed by atoms with van der Waals surface area (Å²) < 4.78 is 13.1. The van der Waals surface area contributed by atoms with Crippen molar-refractivity contribution in [1.29, 1.82) is 0 Å². The maximum absolute atomic E-state index is 13.1. The number of carbonyl (C=O) groups is 1. The van der Waals surface area contributed by atoms with E-state index in [4.69, 9.17) is 0 Å². The topological polar surface area (TPSA) is 43.8 Å². The molecule has 1 N–H and O–H groups in total. The fourth-order valence-corrected chi connectivity index (χ4v) is 4.21. The van der Waals surface area contributed by atoms with E-state index in [9.17, 15) is 14.3 Å². The Kier molecular flexibility index (Phi) is 4.29. The smallest absolute Gasteiger partial charge is 0.156 e. The summed E-state index contributed by atoms with van der Waals surface area (Å²) in [7, 11) is 4.24. The summed E-state index contributed by atoms with van der Waals surface area (Å²) in [6, 6.07) is 6.23. The van der Waals surface area contributed by atoms with Gasteiger partial charge < -0.3 is 14.9 Å². The Balaban J connectivity index is 1.64. The van der Waals surface area contributed by atoms with Crippen LogP contribution in [0.4, 0.5) is 4.39 Å². The summed E-state index contributed by atoms with van der Waals surface area (Å²) in [6.45, 7) is 4.59. The maximum Gasteiger partial charge on any atom is 0.156 e. The first-order chi connectivity index (χ1) is 10.9. The number of rotatable bonds is 6. The van der Waals surface area contributed by atoms with E-state index in [1.165, 1.54) is 24.3 Å². The number of likely N-dealkylation sites (tertiary alicyclic amines) is 1. The van der Waals surface area contributed by atoms with Crippen molar-refractivity contribution in [2.45, 2.75) is 18.6 Å². The van der Waals surface area contributed by atoms with Crippen LogP contribution in [-0.2, 0) is 10.4 Å². The van der Waals surface area contributed by atoms with E-state index < -0.39 is 5.60 Å². The van der Waals surface area contributed by atoms with Crippen LogP contribution in [0.3, 0.4) is 0 Å². The summed E-state index contributed by atoms with van der Waals surface area (Å²) in [6.07, 6.45) is 0.588. The average Bonchev–Trinajstić information content (AvgIpc) is 3.04. The predicted molar refractivity (Wildman–Crippen MR) is 86.4 cm³/mol. The minimum atomic E-state index is -1.57. The number of carbonyl (C=O) groups excluding carboxylic acids is 1. The van der Waals surface area contributed by atoms with Gasteiger partial charge in [0.05, 0.1) is 0 Å². The number of fused-ring (bicyclic) bond motifs is 1. The molecule has 3 rings (SSSR count). The number of nitrogens with zero attached hydrogens (tertiary/aromatic N) is 2. The van der Waals surface area contributed by atoms with Crippen LogP contribution in [0, 0.1) is 23.6 Å². The Morgan fingerprint density at radius 3 is 2.39 bits per heavy atom. The molecule has 1 aromatic carbocycles. The van der Waals surface area contributed by atoms with Crippen LogP contribution in [0.15, 0.2) is 24.3 Å². The van der Waals surface area contributed by atoms with Gasteiger partial charge in [-0.3, -0.25) is 4.79 Å². The second kappa shape index (κ2) is 5.96. The lowest BCUT2D eigenvalue weighted by Crippen LogP contribution is -2.43. The zero-order chi connectivity index (χ0) is 16.8. The number of aldehydes is 1. The Morgan fingerprint density at radius 2 is 1.91 bits per heavy atom. The van der Waals surface area contributed by atoms with E-state index in [0.29, 0.717) is 36.3 Å². The van der Waals surface area contributed by atoms with Crippen LogP contribution >= 0.6 is 0 Å². The van der Waals surface area contributed by atoms with Crippen LogP contribution in [0.2, 0.25) is 0 Å². The molecule has 5 heteroatoms. The normalized spacial score (nSPS) is 30.8. The van der Waals surface area contributed by atoms with E-state index in [1.807, 2.05) is 6.92 Å². The van der Waals surface area contributed by atoms with Gasteiger partial charge >= 0.3 is 0 Å². The van der Waals surface area contributed by atoms with Crippen molar-refractivity contribution in [2.24, 2.45) is 17.8 Å². The molecule has 126 valence electrons. The molecule has 2 aliphatic rings. The third-order valence-electron chi connectivity index (χ3n) is 5.59. The highest BCUT2D eigenvalue weighted by molar-refractivity contribution is 5.66. The van der Waals surface area contributed by atoms with E-state index in [1.54, 1.807) is 0 Å². The van der Waals surface area contributed by atoms with Crippen molar-refractivity contribution in [3.63, 3.8) is 0 Å². The summed E-state index contributed by atoms with van der Waals surface area (Å²) in [5, 5.41) is 10.8. The van der Waals surface area contributed by atoms with Gasteiger partial charge in [0.2, 0.25) is 0 Å². The summed E-state index contributed by atoms with van der Waals surface area (Å²) in [5.41, 5.74) is -1.11. The number of hydrogen-bond donors (Lipinski definition) is 1. The quantitative estimate of drug-likeness (QED) is 0.804. The fraction of sp³-hybridized carbons (Fsp3) is 0.611. The van der Waals surface area contributed by atoms with Gasteiger partial charge in [0.25, 0.3) is 0 Å². The zero-order valence-electron chi connectivity index (χ0n) is 13.9. The molecule has 2 fully saturated rings. The predicted octanol–water partition coefficient (Wildman–Crippen LogP) is 1.34. The Bertz CT molecular complexity index is 565. The van der Waals surface area contributed by atoms with Crippen molar-refractivity contribution < 1.29 is 14.3 Å². The van der Waals surface area contributed by atoms with Crippen molar-refractivity contribution >= 4 is 6.29 Å². The molecule has 0 aromatic heterocycles. The maximum atomic E-state index is 13.1. The summed E-state index contributed by atoms with van der Waals surface area (Å²) in [4.78, 5) is 16.2. The molecule has 1 aliphatic heterocycles. The molecule has 1 heterocycles. The van der Waals surface area contributed by atoms with Crippen molar-refractivity contribution in [3.05, 3.63) is 35.6 Å². The average molecular weight is 320 g/mol. The first-order valence-corrected chi connectivity index (χ1v) is 8.20. The zero-order valence-corrected chi connectivity index (χ0v) is 13.9. The molecule has 1 saturated heterocycles. The Labute approximate surface area is 136 Å². The summed E-state index contributed by atoms with van der Waals surface area (Å²) in [5.74, 6) is 0.810. The largest absolute Gasteiger partial charge is 0.377 e. The van der Waals surface area contributed by atoms with Crippen molar-refractivity contribution in [1.82, 2.24) is 9.80 Å². The first-order valence-electron chi connectivity index (χ1n) is 8.20. The van der Waals surface area contributed by atoms with Crippen LogP contribution in [0.25, 0.3) is 0 Å². The molecular weight excluding hydrogens is 295 g/mol. The Morgan fingerprint density at radius 1 is 1.35 bits per heavy atom. The third-order valence-corrected chi connectivity index (χ3v) is 5.59. The fourth-order valence-electron chi connectivity index (χ4n) is 4.21. The molecule has 0 spiro atoms.